The fraction of sp³-hybridized carbons (Fsp3) is 0.722. The molecule has 0 amide bonds. The maximum atomic E-state index is 12.2. The van der Waals surface area contributed by atoms with Gasteiger partial charge in [-0.1, -0.05) is 38.7 Å². The van der Waals surface area contributed by atoms with Crippen LogP contribution in [0.1, 0.15) is 52.9 Å². The van der Waals surface area contributed by atoms with Crippen molar-refractivity contribution in [3.05, 3.63) is 17.5 Å². The van der Waals surface area contributed by atoms with Crippen LogP contribution in [0, 0.1) is 0 Å². The van der Waals surface area contributed by atoms with E-state index in [0.717, 1.165) is 17.8 Å². The van der Waals surface area contributed by atoms with Crippen LogP contribution >= 0.6 is 35.3 Å². The van der Waals surface area contributed by atoms with E-state index in [1.807, 2.05) is 6.92 Å². The van der Waals surface area contributed by atoms with Crippen molar-refractivity contribution in [3.63, 3.8) is 0 Å². The third-order valence-electron chi connectivity index (χ3n) is 3.89. The van der Waals surface area contributed by atoms with Crippen molar-refractivity contribution >= 4 is 51.1 Å². The van der Waals surface area contributed by atoms with Gasteiger partial charge in [0.1, 0.15) is 4.21 Å². The molecule has 1 aromatic rings. The summed E-state index contributed by atoms with van der Waals surface area (Å²) in [5.41, 5.74) is 0. The van der Waals surface area contributed by atoms with E-state index in [1.54, 1.807) is 17.5 Å². The minimum atomic E-state index is -3.46. The molecule has 0 saturated heterocycles. The number of sulfone groups is 1. The number of halogens is 1. The number of rotatable bonds is 12. The molecule has 27 heavy (non-hydrogen) atoms. The second-order valence-corrected chi connectivity index (χ2v) is 9.69. The Morgan fingerprint density at radius 3 is 2.63 bits per heavy atom. The van der Waals surface area contributed by atoms with Gasteiger partial charge in [-0.2, -0.15) is 0 Å². The highest BCUT2D eigenvalue weighted by Crippen LogP contribution is 2.18. The zero-order chi connectivity index (χ0) is 19.4. The van der Waals surface area contributed by atoms with E-state index in [9.17, 15) is 13.5 Å². The maximum Gasteiger partial charge on any atom is 0.191 e. The average Bonchev–Trinajstić information content (AvgIpc) is 3.12. The third kappa shape index (κ3) is 11.3. The third-order valence-corrected chi connectivity index (χ3v) is 7.18. The van der Waals surface area contributed by atoms with Crippen molar-refractivity contribution in [2.24, 2.45) is 4.99 Å². The monoisotopic (exact) mass is 531 g/mol. The van der Waals surface area contributed by atoms with E-state index in [2.05, 4.69) is 29.5 Å². The van der Waals surface area contributed by atoms with Crippen LogP contribution in [0.5, 0.6) is 0 Å². The van der Waals surface area contributed by atoms with Gasteiger partial charge in [0.05, 0.1) is 18.4 Å². The van der Waals surface area contributed by atoms with Gasteiger partial charge in [0.2, 0.25) is 0 Å². The van der Waals surface area contributed by atoms with E-state index >= 15 is 0 Å². The lowest BCUT2D eigenvalue weighted by Gasteiger charge is -2.18. The Labute approximate surface area is 185 Å². The van der Waals surface area contributed by atoms with Gasteiger partial charge in [0.15, 0.2) is 15.8 Å². The molecule has 9 heteroatoms. The summed E-state index contributed by atoms with van der Waals surface area (Å²) >= 11 is 1.16. The fourth-order valence-electron chi connectivity index (χ4n) is 2.53. The van der Waals surface area contributed by atoms with Gasteiger partial charge >= 0.3 is 0 Å². The number of aliphatic hydroxyl groups is 1. The summed E-state index contributed by atoms with van der Waals surface area (Å²) in [5.74, 6) is 0.297. The van der Waals surface area contributed by atoms with E-state index in [-0.39, 0.29) is 46.5 Å². The Hall–Kier alpha value is -0.390. The summed E-state index contributed by atoms with van der Waals surface area (Å²) in [7, 11) is -3.46. The minimum absolute atomic E-state index is 0. The van der Waals surface area contributed by atoms with E-state index in [4.69, 9.17) is 0 Å². The predicted octanol–water partition coefficient (Wildman–Crippen LogP) is 3.41. The van der Waals surface area contributed by atoms with Crippen LogP contribution in [0.15, 0.2) is 26.7 Å². The molecule has 1 heterocycles. The molecule has 2 atom stereocenters. The van der Waals surface area contributed by atoms with Gasteiger partial charge in [-0.25, -0.2) is 8.42 Å². The van der Waals surface area contributed by atoms with Crippen molar-refractivity contribution in [3.8, 4) is 0 Å². The van der Waals surface area contributed by atoms with Gasteiger partial charge in [0, 0.05) is 12.6 Å². The fourth-order valence-corrected chi connectivity index (χ4v) is 5.00. The molecule has 1 rings (SSSR count). The molecule has 2 unspecified atom stereocenters. The first-order chi connectivity index (χ1) is 12.4. The van der Waals surface area contributed by atoms with E-state index in [0.29, 0.717) is 12.5 Å². The Balaban J connectivity index is 0.00000676. The van der Waals surface area contributed by atoms with Crippen molar-refractivity contribution < 1.29 is 13.5 Å². The van der Waals surface area contributed by atoms with Crippen LogP contribution < -0.4 is 10.6 Å². The second-order valence-electron chi connectivity index (χ2n) is 6.48. The number of thiophene rings is 1. The molecular formula is C18H34IN3O3S2. The number of nitrogens with zero attached hydrogens (tertiary/aromatic N) is 1. The van der Waals surface area contributed by atoms with Crippen LogP contribution in [-0.4, -0.2) is 50.5 Å². The van der Waals surface area contributed by atoms with Crippen molar-refractivity contribution in [1.29, 1.82) is 0 Å². The van der Waals surface area contributed by atoms with Crippen LogP contribution in [0.4, 0.5) is 0 Å². The lowest BCUT2D eigenvalue weighted by atomic mass is 10.1. The highest BCUT2D eigenvalue weighted by atomic mass is 127. The lowest BCUT2D eigenvalue weighted by molar-refractivity contribution is 0.206. The maximum absolute atomic E-state index is 12.2. The molecule has 3 N–H and O–H groups in total. The molecule has 0 aliphatic heterocycles. The van der Waals surface area contributed by atoms with Gasteiger partial charge in [-0.15, -0.1) is 35.3 Å². The Bertz CT molecular complexity index is 622. The van der Waals surface area contributed by atoms with Crippen LogP contribution in [-0.2, 0) is 9.84 Å². The number of aliphatic hydroxyl groups excluding tert-OH is 1. The standard InChI is InChI=1S/C18H33N3O3S2.HI/c1-4-6-7-8-10-15(3)21-18(19-5-2)20-13-16(22)14-26(23,24)17-11-9-12-25-17;/h9,11-12,15-16,22H,4-8,10,13-14H2,1-3H3,(H2,19,20,21);1H. The molecule has 6 nitrogen and oxygen atoms in total. The molecule has 0 spiro atoms. The van der Waals surface area contributed by atoms with Gasteiger partial charge in [-0.05, 0) is 31.7 Å². The largest absolute Gasteiger partial charge is 0.390 e. The molecule has 0 fully saturated rings. The summed E-state index contributed by atoms with van der Waals surface area (Å²) in [5, 5.41) is 18.3. The van der Waals surface area contributed by atoms with Crippen LogP contribution in [0.3, 0.4) is 0 Å². The molecule has 0 radical (unpaired) electrons. The molecule has 0 aliphatic carbocycles. The van der Waals surface area contributed by atoms with Crippen LogP contribution in [0.2, 0.25) is 0 Å². The Morgan fingerprint density at radius 1 is 1.30 bits per heavy atom. The number of unbranched alkanes of at least 4 members (excludes halogenated alkanes) is 3. The van der Waals surface area contributed by atoms with Gasteiger partial charge < -0.3 is 15.7 Å². The van der Waals surface area contributed by atoms with Crippen molar-refractivity contribution in [2.75, 3.05) is 18.8 Å². The summed E-state index contributed by atoms with van der Waals surface area (Å²) in [4.78, 5) is 4.35. The second kappa shape index (κ2) is 14.6. The topological polar surface area (TPSA) is 90.8 Å². The first kappa shape index (κ1) is 26.6. The number of hydrogen-bond donors (Lipinski definition) is 3. The zero-order valence-electron chi connectivity index (χ0n) is 16.5. The Morgan fingerprint density at radius 2 is 2.04 bits per heavy atom. The van der Waals surface area contributed by atoms with Crippen molar-refractivity contribution in [1.82, 2.24) is 10.6 Å². The first-order valence-corrected chi connectivity index (χ1v) is 11.9. The van der Waals surface area contributed by atoms with E-state index in [1.165, 1.54) is 25.7 Å². The number of nitrogens with one attached hydrogen (secondary N) is 2. The molecule has 0 aromatic carbocycles. The summed E-state index contributed by atoms with van der Waals surface area (Å²) in [6.07, 6.45) is 4.90. The zero-order valence-corrected chi connectivity index (χ0v) is 20.4. The minimum Gasteiger partial charge on any atom is -0.390 e. The summed E-state index contributed by atoms with van der Waals surface area (Å²) in [6, 6.07) is 3.52. The molecular weight excluding hydrogens is 497 g/mol. The van der Waals surface area contributed by atoms with E-state index < -0.39 is 15.9 Å². The number of aliphatic imine (C=N–C) groups is 1. The molecule has 1 aromatic heterocycles. The average molecular weight is 532 g/mol. The Kier molecular flexibility index (Phi) is 14.4. The summed E-state index contributed by atoms with van der Waals surface area (Å²) in [6.45, 7) is 7.03. The predicted molar refractivity (Wildman–Crippen MR) is 125 cm³/mol. The highest BCUT2D eigenvalue weighted by Gasteiger charge is 2.20. The molecule has 0 bridgehead atoms. The molecule has 0 aliphatic rings. The highest BCUT2D eigenvalue weighted by molar-refractivity contribution is 14.0. The SMILES string of the molecule is CCCCCCC(C)NC(=NCC(O)CS(=O)(=O)c1cccs1)NCC.I. The van der Waals surface area contributed by atoms with Crippen molar-refractivity contribution in [2.45, 2.75) is 69.2 Å². The smallest absolute Gasteiger partial charge is 0.191 e. The first-order valence-electron chi connectivity index (χ1n) is 9.38. The van der Waals surface area contributed by atoms with Gasteiger partial charge in [-0.3, -0.25) is 4.99 Å². The lowest BCUT2D eigenvalue weighted by Crippen LogP contribution is -2.42. The number of hydrogen-bond acceptors (Lipinski definition) is 5. The molecule has 0 saturated carbocycles. The molecule has 158 valence electrons. The summed E-state index contributed by atoms with van der Waals surface area (Å²) < 4.78 is 24.7. The van der Waals surface area contributed by atoms with Crippen LogP contribution in [0.25, 0.3) is 0 Å². The quantitative estimate of drug-likeness (QED) is 0.167. The van der Waals surface area contributed by atoms with Gasteiger partial charge in [0.25, 0.3) is 0 Å². The number of guanidine groups is 1. The normalized spacial score (nSPS) is 14.3.